The molecule has 7 heteroatoms. The van der Waals surface area contributed by atoms with E-state index in [-0.39, 0.29) is 12.1 Å². The Bertz CT molecular complexity index is 1350. The van der Waals surface area contributed by atoms with Crippen molar-refractivity contribution < 1.29 is 4.79 Å². The lowest BCUT2D eigenvalue weighted by atomic mass is 10.0. The number of hydrogen-bond acceptors (Lipinski definition) is 4. The van der Waals surface area contributed by atoms with Gasteiger partial charge in [-0.2, -0.15) is 5.10 Å². The fraction of sp³-hybridized carbons (Fsp3) is 0.321. The summed E-state index contributed by atoms with van der Waals surface area (Å²) in [5, 5.41) is 13.5. The number of aryl methyl sites for hydroxylation is 1. The number of carbonyl (C=O) groups excluding carboxylic acids is 1. The number of urea groups is 1. The van der Waals surface area contributed by atoms with E-state index in [1.54, 1.807) is 0 Å². The van der Waals surface area contributed by atoms with Crippen molar-refractivity contribution in [3.05, 3.63) is 77.6 Å². The molecular formula is C28H30N6O. The van der Waals surface area contributed by atoms with Crippen LogP contribution in [-0.2, 0) is 13.0 Å². The van der Waals surface area contributed by atoms with Crippen molar-refractivity contribution in [2.75, 3.05) is 24.5 Å². The monoisotopic (exact) mass is 466 g/mol. The maximum atomic E-state index is 14.3. The van der Waals surface area contributed by atoms with Gasteiger partial charge in [0.1, 0.15) is 5.82 Å². The first-order chi connectivity index (χ1) is 17.2. The maximum Gasteiger partial charge on any atom is 0.326 e. The predicted molar refractivity (Wildman–Crippen MR) is 138 cm³/mol. The highest BCUT2D eigenvalue weighted by atomic mass is 16.2. The molecule has 0 radical (unpaired) electrons. The Labute approximate surface area is 205 Å². The van der Waals surface area contributed by atoms with Crippen LogP contribution in [0.25, 0.3) is 22.0 Å². The summed E-state index contributed by atoms with van der Waals surface area (Å²) in [5.41, 5.74) is 5.37. The number of nitrogens with zero attached hydrogens (tertiary/aromatic N) is 4. The van der Waals surface area contributed by atoms with Gasteiger partial charge in [-0.05, 0) is 43.3 Å². The van der Waals surface area contributed by atoms with Crippen molar-refractivity contribution in [3.8, 4) is 11.3 Å². The van der Waals surface area contributed by atoms with E-state index in [1.165, 1.54) is 0 Å². The minimum atomic E-state index is 0.0211. The summed E-state index contributed by atoms with van der Waals surface area (Å²) in [6.45, 7) is 5.05. The molecule has 35 heavy (non-hydrogen) atoms. The standard InChI is InChI=1S/C28H30N6O/c1-19-7-5-10-20-12-15-30-27(25(19)20)34(22-11-6-14-29-17-22)28(35)33-16-13-24-23(18-33)26(32-31-24)21-8-3-2-4-9-21/h2-5,7-10,12,15,22,29H,6,11,13-14,16-18H2,1H3,(H,31,32)/t22-/m1/s1. The molecule has 1 fully saturated rings. The van der Waals surface area contributed by atoms with Gasteiger partial charge in [0.25, 0.3) is 0 Å². The van der Waals surface area contributed by atoms with E-state index in [1.807, 2.05) is 40.3 Å². The third-order valence-corrected chi connectivity index (χ3v) is 7.30. The van der Waals surface area contributed by atoms with Gasteiger partial charge in [-0.15, -0.1) is 0 Å². The van der Waals surface area contributed by atoms with Gasteiger partial charge in [0.05, 0.1) is 18.3 Å². The van der Waals surface area contributed by atoms with Gasteiger partial charge >= 0.3 is 6.03 Å². The number of nitrogens with one attached hydrogen (secondary N) is 2. The van der Waals surface area contributed by atoms with E-state index in [2.05, 4.69) is 52.8 Å². The molecule has 2 amide bonds. The largest absolute Gasteiger partial charge is 0.326 e. The Kier molecular flexibility index (Phi) is 5.70. The number of rotatable bonds is 3. The van der Waals surface area contributed by atoms with Crippen LogP contribution in [0.1, 0.15) is 29.7 Å². The van der Waals surface area contributed by atoms with Crippen LogP contribution in [-0.4, -0.2) is 51.8 Å². The first-order valence-electron chi connectivity index (χ1n) is 12.5. The first-order valence-corrected chi connectivity index (χ1v) is 12.5. The Hall–Kier alpha value is -3.71. The summed E-state index contributed by atoms with van der Waals surface area (Å²) in [6, 6.07) is 18.6. The average Bonchev–Trinajstić information content (AvgIpc) is 3.33. The van der Waals surface area contributed by atoms with Crippen LogP contribution >= 0.6 is 0 Å². The van der Waals surface area contributed by atoms with Crippen LogP contribution in [0, 0.1) is 6.92 Å². The highest BCUT2D eigenvalue weighted by Crippen LogP contribution is 2.33. The Morgan fingerprint density at radius 3 is 2.83 bits per heavy atom. The zero-order valence-corrected chi connectivity index (χ0v) is 20.0. The zero-order chi connectivity index (χ0) is 23.8. The number of aromatic amines is 1. The summed E-state index contributed by atoms with van der Waals surface area (Å²) in [4.78, 5) is 23.0. The van der Waals surface area contributed by atoms with Crippen molar-refractivity contribution in [1.82, 2.24) is 25.4 Å². The van der Waals surface area contributed by atoms with Crippen molar-refractivity contribution >= 4 is 22.6 Å². The van der Waals surface area contributed by atoms with Crippen LogP contribution in [0.2, 0.25) is 0 Å². The third-order valence-electron chi connectivity index (χ3n) is 7.30. The number of carbonyl (C=O) groups is 1. The van der Waals surface area contributed by atoms with Crippen LogP contribution in [0.3, 0.4) is 0 Å². The third kappa shape index (κ3) is 3.96. The molecule has 0 bridgehead atoms. The van der Waals surface area contributed by atoms with Gasteiger partial charge in [-0.1, -0.05) is 48.5 Å². The molecule has 1 atom stereocenters. The van der Waals surface area contributed by atoms with E-state index in [0.29, 0.717) is 13.1 Å². The second-order valence-electron chi connectivity index (χ2n) is 9.53. The number of benzene rings is 2. The minimum absolute atomic E-state index is 0.0211. The van der Waals surface area contributed by atoms with E-state index in [9.17, 15) is 4.79 Å². The van der Waals surface area contributed by atoms with Gasteiger partial charge < -0.3 is 10.2 Å². The molecule has 7 nitrogen and oxygen atoms in total. The second kappa shape index (κ2) is 9.15. The fourth-order valence-electron chi connectivity index (χ4n) is 5.49. The molecule has 178 valence electrons. The SMILES string of the molecule is Cc1cccc2ccnc(N(C(=O)N3CCc4[nH]nc(-c5ccccc5)c4C3)[C@@H]3CCCNC3)c12. The molecule has 4 aromatic rings. The van der Waals surface area contributed by atoms with Crippen molar-refractivity contribution in [1.29, 1.82) is 0 Å². The number of aromatic nitrogens is 3. The quantitative estimate of drug-likeness (QED) is 0.460. The summed E-state index contributed by atoms with van der Waals surface area (Å²) in [6.07, 6.45) is 4.59. The number of hydrogen-bond donors (Lipinski definition) is 2. The number of H-pyrrole nitrogens is 1. The molecule has 0 spiro atoms. The van der Waals surface area contributed by atoms with E-state index < -0.39 is 0 Å². The number of anilines is 1. The van der Waals surface area contributed by atoms with Crippen LogP contribution in [0.5, 0.6) is 0 Å². The molecule has 2 aromatic carbocycles. The highest BCUT2D eigenvalue weighted by Gasteiger charge is 2.35. The highest BCUT2D eigenvalue weighted by molar-refractivity contribution is 6.03. The van der Waals surface area contributed by atoms with E-state index in [0.717, 1.165) is 77.0 Å². The molecule has 2 aromatic heterocycles. The van der Waals surface area contributed by atoms with E-state index >= 15 is 0 Å². The summed E-state index contributed by atoms with van der Waals surface area (Å²) in [7, 11) is 0. The van der Waals surface area contributed by atoms with Gasteiger partial charge in [0.2, 0.25) is 0 Å². The fourth-order valence-corrected chi connectivity index (χ4v) is 5.49. The molecule has 0 saturated carbocycles. The number of fused-ring (bicyclic) bond motifs is 2. The summed E-state index contributed by atoms with van der Waals surface area (Å²) in [5.74, 6) is 0.764. The predicted octanol–water partition coefficient (Wildman–Crippen LogP) is 4.67. The number of pyridine rings is 1. The van der Waals surface area contributed by atoms with Gasteiger partial charge in [0, 0.05) is 47.9 Å². The molecule has 1 saturated heterocycles. The number of amides is 2. The van der Waals surface area contributed by atoms with Crippen LogP contribution < -0.4 is 10.2 Å². The maximum absolute atomic E-state index is 14.3. The average molecular weight is 467 g/mol. The smallest absolute Gasteiger partial charge is 0.319 e. The van der Waals surface area contributed by atoms with Gasteiger partial charge in [-0.3, -0.25) is 10.00 Å². The first kappa shape index (κ1) is 21.8. The van der Waals surface area contributed by atoms with E-state index in [4.69, 9.17) is 4.98 Å². The Morgan fingerprint density at radius 2 is 2.00 bits per heavy atom. The lowest BCUT2D eigenvalue weighted by molar-refractivity contribution is 0.194. The molecular weight excluding hydrogens is 436 g/mol. The Balaban J connectivity index is 1.39. The topological polar surface area (TPSA) is 77.2 Å². The van der Waals surface area contributed by atoms with Crippen molar-refractivity contribution in [2.24, 2.45) is 0 Å². The molecule has 2 aliphatic heterocycles. The number of piperidine rings is 1. The van der Waals surface area contributed by atoms with Crippen LogP contribution in [0.15, 0.2) is 60.8 Å². The second-order valence-corrected chi connectivity index (χ2v) is 9.53. The molecule has 6 rings (SSSR count). The molecule has 2 N–H and O–H groups in total. The Morgan fingerprint density at radius 1 is 1.11 bits per heavy atom. The van der Waals surface area contributed by atoms with Crippen molar-refractivity contribution in [3.63, 3.8) is 0 Å². The lowest BCUT2D eigenvalue weighted by Crippen LogP contribution is -2.54. The molecule has 0 unspecified atom stereocenters. The van der Waals surface area contributed by atoms with Crippen molar-refractivity contribution in [2.45, 2.75) is 38.8 Å². The molecule has 0 aliphatic carbocycles. The minimum Gasteiger partial charge on any atom is -0.319 e. The lowest BCUT2D eigenvalue weighted by Gasteiger charge is -2.39. The zero-order valence-electron chi connectivity index (χ0n) is 20.0. The van der Waals surface area contributed by atoms with Crippen LogP contribution in [0.4, 0.5) is 10.6 Å². The summed E-state index contributed by atoms with van der Waals surface area (Å²) < 4.78 is 0. The molecule has 4 heterocycles. The summed E-state index contributed by atoms with van der Waals surface area (Å²) >= 11 is 0. The van der Waals surface area contributed by atoms with Gasteiger partial charge in [-0.25, -0.2) is 9.78 Å². The van der Waals surface area contributed by atoms with Gasteiger partial charge in [0.15, 0.2) is 0 Å². The normalized spacial score (nSPS) is 17.9. The molecule has 2 aliphatic rings.